The molecule has 516 valence electrons. The number of allylic oxidation sites excluding steroid dienone is 4. The van der Waals surface area contributed by atoms with E-state index in [-0.39, 0.29) is 23.9 Å². The molecule has 0 heterocycles. The van der Waals surface area contributed by atoms with Gasteiger partial charge in [-0.05, 0) is 200 Å². The van der Waals surface area contributed by atoms with E-state index in [0.29, 0.717) is 51.1 Å². The number of nitrogens with zero attached hydrogens (tertiary/aromatic N) is 2. The Morgan fingerprint density at radius 3 is 1.05 bits per heavy atom. The van der Waals surface area contributed by atoms with Gasteiger partial charge in [-0.25, -0.2) is 0 Å². The molecule has 2 amide bonds. The molecule has 14 heteroatoms. The van der Waals surface area contributed by atoms with E-state index in [1.165, 1.54) is 219 Å². The third-order valence-corrected chi connectivity index (χ3v) is 18.2. The minimum absolute atomic E-state index is 0.120. The van der Waals surface area contributed by atoms with Crippen molar-refractivity contribution in [3.63, 3.8) is 0 Å². The molecule has 0 aromatic carbocycles. The average molecular weight is 1230 g/mol. The Balaban J connectivity index is 5.87. The number of hydrogen-bond donors (Lipinski definition) is 10. The molecule has 14 N–H and O–H groups in total. The molecule has 0 aliphatic carbocycles. The highest BCUT2D eigenvalue weighted by Gasteiger charge is 2.28. The summed E-state index contributed by atoms with van der Waals surface area (Å²) in [4.78, 5) is 27.4. The molecule has 0 aromatic rings. The SMILES string of the molecule is CCCCCCCC/C=C\CCCCCCCC[N+](C)(CCCC[N+](C)(CCCCCCCC/C=C/CCCCCCCC)CC(C)CNC(=O)C(CCCNCCCN)NCCCN)CCC(C)CNC(=O)C(CCCNCCCN)NCCCN. The maximum Gasteiger partial charge on any atom is 0.237 e. The van der Waals surface area contributed by atoms with Crippen LogP contribution in [0.2, 0.25) is 0 Å². The van der Waals surface area contributed by atoms with Crippen LogP contribution in [0.3, 0.4) is 0 Å². The summed E-state index contributed by atoms with van der Waals surface area (Å²) in [6.07, 6.45) is 57.7. The van der Waals surface area contributed by atoms with Crippen LogP contribution in [0.25, 0.3) is 0 Å². The van der Waals surface area contributed by atoms with Gasteiger partial charge in [0.1, 0.15) is 0 Å². The van der Waals surface area contributed by atoms with Gasteiger partial charge in [0.05, 0.1) is 65.4 Å². The molecule has 0 saturated carbocycles. The second-order valence-corrected chi connectivity index (χ2v) is 27.5. The number of unbranched alkanes of at least 4 members (excludes halogenated alkanes) is 25. The highest BCUT2D eigenvalue weighted by molar-refractivity contribution is 5.82. The Hall–Kier alpha value is -1.98. The van der Waals surface area contributed by atoms with Crippen LogP contribution in [-0.2, 0) is 9.59 Å². The average Bonchev–Trinajstić information content (AvgIpc) is 3.72. The fourth-order valence-electron chi connectivity index (χ4n) is 12.3. The Bertz CT molecular complexity index is 1520. The normalized spacial score (nSPS) is 14.8. The molecular formula is C73H154N12O2+2. The molecule has 87 heavy (non-hydrogen) atoms. The first kappa shape index (κ1) is 85.0. The van der Waals surface area contributed by atoms with Crippen molar-refractivity contribution in [3.05, 3.63) is 24.3 Å². The summed E-state index contributed by atoms with van der Waals surface area (Å²) >= 11 is 0. The quantitative estimate of drug-likeness (QED) is 0.0158. The van der Waals surface area contributed by atoms with E-state index >= 15 is 0 Å². The van der Waals surface area contributed by atoms with E-state index in [1.807, 2.05) is 0 Å². The molecule has 0 fully saturated rings. The first-order chi connectivity index (χ1) is 42.4. The van der Waals surface area contributed by atoms with Gasteiger partial charge >= 0.3 is 0 Å². The zero-order valence-corrected chi connectivity index (χ0v) is 58.9. The van der Waals surface area contributed by atoms with Crippen LogP contribution in [0.1, 0.15) is 278 Å². The zero-order chi connectivity index (χ0) is 63.8. The molecule has 0 spiro atoms. The molecule has 6 atom stereocenters. The second-order valence-electron chi connectivity index (χ2n) is 27.5. The fourth-order valence-corrected chi connectivity index (χ4v) is 12.3. The molecule has 0 aliphatic rings. The van der Waals surface area contributed by atoms with Crippen molar-refractivity contribution in [1.82, 2.24) is 31.9 Å². The Kier molecular flexibility index (Phi) is 62.7. The van der Waals surface area contributed by atoms with Gasteiger partial charge in [0.2, 0.25) is 11.8 Å². The van der Waals surface area contributed by atoms with E-state index in [0.717, 1.165) is 119 Å². The lowest BCUT2D eigenvalue weighted by Crippen LogP contribution is -2.52. The zero-order valence-electron chi connectivity index (χ0n) is 58.9. The number of nitrogens with two attached hydrogens (primary N) is 4. The lowest BCUT2D eigenvalue weighted by Gasteiger charge is -2.38. The third-order valence-electron chi connectivity index (χ3n) is 18.2. The third kappa shape index (κ3) is 56.5. The smallest absolute Gasteiger partial charge is 0.237 e. The van der Waals surface area contributed by atoms with Crippen LogP contribution in [-0.4, -0.2) is 165 Å². The fraction of sp³-hybridized carbons (Fsp3) is 0.918. The maximum absolute atomic E-state index is 13.8. The minimum Gasteiger partial charge on any atom is -0.354 e. The van der Waals surface area contributed by atoms with Gasteiger partial charge in [0, 0.05) is 38.3 Å². The summed E-state index contributed by atoms with van der Waals surface area (Å²) in [5.74, 6) is 1.00. The highest BCUT2D eigenvalue weighted by Crippen LogP contribution is 2.20. The molecular weight excluding hydrogens is 1080 g/mol. The predicted molar refractivity (Wildman–Crippen MR) is 381 cm³/mol. The first-order valence-corrected chi connectivity index (χ1v) is 37.6. The summed E-state index contributed by atoms with van der Waals surface area (Å²) in [5, 5.41) is 20.8. The van der Waals surface area contributed by atoms with Gasteiger partial charge in [-0.3, -0.25) is 9.59 Å². The van der Waals surface area contributed by atoms with Crippen LogP contribution < -0.4 is 54.8 Å². The maximum atomic E-state index is 13.8. The van der Waals surface area contributed by atoms with Crippen molar-refractivity contribution in [2.75, 3.05) is 132 Å². The lowest BCUT2D eigenvalue weighted by molar-refractivity contribution is -0.917. The van der Waals surface area contributed by atoms with Crippen molar-refractivity contribution >= 4 is 11.8 Å². The van der Waals surface area contributed by atoms with Gasteiger partial charge < -0.3 is 63.8 Å². The molecule has 0 aromatic heterocycles. The van der Waals surface area contributed by atoms with E-state index in [1.54, 1.807) is 0 Å². The Morgan fingerprint density at radius 2 is 0.667 bits per heavy atom. The van der Waals surface area contributed by atoms with Crippen LogP contribution in [0.5, 0.6) is 0 Å². The Morgan fingerprint density at radius 1 is 0.356 bits per heavy atom. The molecule has 0 saturated heterocycles. The number of rotatable bonds is 70. The van der Waals surface area contributed by atoms with Gasteiger partial charge in [0.25, 0.3) is 0 Å². The van der Waals surface area contributed by atoms with E-state index in [4.69, 9.17) is 22.9 Å². The van der Waals surface area contributed by atoms with Crippen molar-refractivity contribution in [2.24, 2.45) is 34.8 Å². The van der Waals surface area contributed by atoms with Crippen LogP contribution in [0, 0.1) is 11.8 Å². The first-order valence-electron chi connectivity index (χ1n) is 37.6. The Labute approximate surface area is 541 Å². The number of hydrogen-bond acceptors (Lipinski definition) is 10. The molecule has 0 rings (SSSR count). The van der Waals surface area contributed by atoms with Crippen LogP contribution >= 0.6 is 0 Å². The molecule has 6 unspecified atom stereocenters. The van der Waals surface area contributed by atoms with Gasteiger partial charge in [-0.2, -0.15) is 0 Å². The van der Waals surface area contributed by atoms with E-state index < -0.39 is 0 Å². The molecule has 14 nitrogen and oxygen atoms in total. The molecule has 0 bridgehead atoms. The molecule has 0 aliphatic heterocycles. The summed E-state index contributed by atoms with van der Waals surface area (Å²) in [6.45, 7) is 25.4. The van der Waals surface area contributed by atoms with E-state index in [9.17, 15) is 9.59 Å². The van der Waals surface area contributed by atoms with Crippen molar-refractivity contribution < 1.29 is 18.6 Å². The number of amides is 2. The highest BCUT2D eigenvalue weighted by atomic mass is 16.2. The summed E-state index contributed by atoms with van der Waals surface area (Å²) in [5.41, 5.74) is 23.1. The topological polar surface area (TPSA) is 210 Å². The van der Waals surface area contributed by atoms with Crippen molar-refractivity contribution in [3.8, 4) is 0 Å². The van der Waals surface area contributed by atoms with Gasteiger partial charge in [-0.1, -0.05) is 155 Å². The van der Waals surface area contributed by atoms with Crippen molar-refractivity contribution in [1.29, 1.82) is 0 Å². The second kappa shape index (κ2) is 64.1. The minimum atomic E-state index is -0.205. The number of carbonyl (C=O) groups excluding carboxylic acids is 2. The standard InChI is InChI=1S/C73H152N12O2/c1-7-9-11-13-15-17-19-21-23-25-27-29-31-33-35-37-60-84(5,64-49-68(3)65-82-72(86)70(80-58-45-52-76)47-41-54-78-56-43-50-74)61-39-40-63-85(6,62-38-36-34-32-30-28-26-24-22-20-18-16-14-12-10-8-2)67-69(4)66-83-73(87)71(81-59-46-53-77)48-42-55-79-57-44-51-75/h21-24,68-71,78-81H,7-20,25-67,74-77H2,1-6H3/p+2/b23-21-,24-22+. The number of nitrogens with one attached hydrogen (secondary N) is 6. The number of quaternary nitrogens is 2. The van der Waals surface area contributed by atoms with Crippen molar-refractivity contribution in [2.45, 2.75) is 290 Å². The van der Waals surface area contributed by atoms with Crippen LogP contribution in [0.4, 0.5) is 0 Å². The molecule has 0 radical (unpaired) electrons. The number of carbonyl (C=O) groups is 2. The summed E-state index contributed by atoms with van der Waals surface area (Å²) in [7, 11) is 5.05. The van der Waals surface area contributed by atoms with Crippen LogP contribution in [0.15, 0.2) is 24.3 Å². The van der Waals surface area contributed by atoms with Gasteiger partial charge in [-0.15, -0.1) is 0 Å². The predicted octanol–water partition coefficient (Wildman–Crippen LogP) is 12.7. The lowest BCUT2D eigenvalue weighted by atomic mass is 10.0. The van der Waals surface area contributed by atoms with E-state index in [2.05, 4.69) is 98.0 Å². The monoisotopic (exact) mass is 1230 g/mol. The largest absolute Gasteiger partial charge is 0.354 e. The summed E-state index contributed by atoms with van der Waals surface area (Å²) in [6, 6.07) is -0.403. The van der Waals surface area contributed by atoms with Gasteiger partial charge in [0.15, 0.2) is 0 Å². The summed E-state index contributed by atoms with van der Waals surface area (Å²) < 4.78 is 2.17.